The lowest BCUT2D eigenvalue weighted by Gasteiger charge is -2.12. The first-order chi connectivity index (χ1) is 9.66. The Labute approximate surface area is 118 Å². The Hall–Kier alpha value is -2.17. The molecule has 0 radical (unpaired) electrons. The molecule has 0 fully saturated rings. The Morgan fingerprint density at radius 2 is 1.75 bits per heavy atom. The van der Waals surface area contributed by atoms with E-state index < -0.39 is 12.0 Å². The van der Waals surface area contributed by atoms with Crippen LogP contribution in [0.25, 0.3) is 0 Å². The number of primary amides is 1. The molecule has 0 saturated carbocycles. The standard InChI is InChI=1S/C16H18N2O2/c17-16(20)14-8-6-12(7-9-14)10-18-11-15(19)13-4-2-1-3-5-13/h1-9,15,18-19H,10-11H2,(H2,17,20). The third-order valence-electron chi connectivity index (χ3n) is 3.09. The van der Waals surface area contributed by atoms with E-state index in [4.69, 9.17) is 5.73 Å². The van der Waals surface area contributed by atoms with Crippen molar-refractivity contribution in [2.75, 3.05) is 6.54 Å². The average molecular weight is 270 g/mol. The molecule has 0 bridgehead atoms. The number of hydrogen-bond donors (Lipinski definition) is 3. The van der Waals surface area contributed by atoms with Crippen molar-refractivity contribution in [2.24, 2.45) is 5.73 Å². The van der Waals surface area contributed by atoms with Crippen molar-refractivity contribution in [1.82, 2.24) is 5.32 Å². The second kappa shape index (κ2) is 6.84. The van der Waals surface area contributed by atoms with Gasteiger partial charge in [-0.05, 0) is 23.3 Å². The van der Waals surface area contributed by atoms with E-state index in [-0.39, 0.29) is 0 Å². The Kier molecular flexibility index (Phi) is 4.87. The van der Waals surface area contributed by atoms with Crippen LogP contribution in [0.5, 0.6) is 0 Å². The highest BCUT2D eigenvalue weighted by Gasteiger charge is 2.06. The molecule has 0 aliphatic rings. The molecular formula is C16H18N2O2. The molecule has 4 heteroatoms. The maximum atomic E-state index is 10.9. The minimum absolute atomic E-state index is 0.427. The SMILES string of the molecule is NC(=O)c1ccc(CNCC(O)c2ccccc2)cc1. The fourth-order valence-electron chi connectivity index (χ4n) is 1.93. The highest BCUT2D eigenvalue weighted by molar-refractivity contribution is 5.92. The summed E-state index contributed by atoms with van der Waals surface area (Å²) in [5.74, 6) is -0.427. The number of nitrogens with two attached hydrogens (primary N) is 1. The molecule has 2 rings (SSSR count). The van der Waals surface area contributed by atoms with Crippen molar-refractivity contribution in [1.29, 1.82) is 0 Å². The van der Waals surface area contributed by atoms with Crippen molar-refractivity contribution < 1.29 is 9.90 Å². The topological polar surface area (TPSA) is 75.4 Å². The van der Waals surface area contributed by atoms with Crippen molar-refractivity contribution in [3.05, 3.63) is 71.3 Å². The summed E-state index contributed by atoms with van der Waals surface area (Å²) in [6.45, 7) is 1.10. The lowest BCUT2D eigenvalue weighted by Crippen LogP contribution is -2.21. The molecule has 0 aliphatic carbocycles. The third-order valence-corrected chi connectivity index (χ3v) is 3.09. The van der Waals surface area contributed by atoms with Gasteiger partial charge >= 0.3 is 0 Å². The van der Waals surface area contributed by atoms with E-state index in [0.717, 1.165) is 11.1 Å². The molecule has 4 N–H and O–H groups in total. The second-order valence-electron chi connectivity index (χ2n) is 4.62. The molecule has 1 amide bonds. The Balaban J connectivity index is 1.82. The Morgan fingerprint density at radius 3 is 2.35 bits per heavy atom. The van der Waals surface area contributed by atoms with Gasteiger partial charge in [-0.15, -0.1) is 0 Å². The maximum Gasteiger partial charge on any atom is 0.248 e. The van der Waals surface area contributed by atoms with E-state index in [1.807, 2.05) is 42.5 Å². The van der Waals surface area contributed by atoms with Gasteiger partial charge < -0.3 is 16.2 Å². The summed E-state index contributed by atoms with van der Waals surface area (Å²) < 4.78 is 0. The fraction of sp³-hybridized carbons (Fsp3) is 0.188. The molecule has 0 saturated heterocycles. The smallest absolute Gasteiger partial charge is 0.248 e. The van der Waals surface area contributed by atoms with Crippen LogP contribution in [0.4, 0.5) is 0 Å². The highest BCUT2D eigenvalue weighted by atomic mass is 16.3. The van der Waals surface area contributed by atoms with Gasteiger partial charge in [-0.2, -0.15) is 0 Å². The van der Waals surface area contributed by atoms with Gasteiger partial charge in [0.25, 0.3) is 0 Å². The molecule has 2 aromatic rings. The minimum Gasteiger partial charge on any atom is -0.387 e. The number of aliphatic hydroxyl groups excluding tert-OH is 1. The van der Waals surface area contributed by atoms with Gasteiger partial charge in [-0.25, -0.2) is 0 Å². The van der Waals surface area contributed by atoms with Crippen molar-refractivity contribution in [2.45, 2.75) is 12.6 Å². The van der Waals surface area contributed by atoms with Gasteiger partial charge in [0.15, 0.2) is 0 Å². The lowest BCUT2D eigenvalue weighted by atomic mass is 10.1. The number of aliphatic hydroxyl groups is 1. The molecule has 20 heavy (non-hydrogen) atoms. The van der Waals surface area contributed by atoms with Crippen LogP contribution in [0.2, 0.25) is 0 Å². The van der Waals surface area contributed by atoms with E-state index in [9.17, 15) is 9.90 Å². The summed E-state index contributed by atoms with van der Waals surface area (Å²) >= 11 is 0. The maximum absolute atomic E-state index is 10.9. The number of hydrogen-bond acceptors (Lipinski definition) is 3. The average Bonchev–Trinajstić information content (AvgIpc) is 2.48. The molecule has 1 atom stereocenters. The summed E-state index contributed by atoms with van der Waals surface area (Å²) in [5, 5.41) is 13.2. The van der Waals surface area contributed by atoms with Gasteiger partial charge in [0.1, 0.15) is 0 Å². The zero-order valence-electron chi connectivity index (χ0n) is 11.1. The normalized spacial score (nSPS) is 12.1. The van der Waals surface area contributed by atoms with Crippen molar-refractivity contribution >= 4 is 5.91 Å². The molecule has 1 unspecified atom stereocenters. The Bertz CT molecular complexity index is 552. The molecule has 0 spiro atoms. The Morgan fingerprint density at radius 1 is 1.10 bits per heavy atom. The van der Waals surface area contributed by atoms with E-state index in [1.54, 1.807) is 12.1 Å². The molecule has 0 aliphatic heterocycles. The first-order valence-electron chi connectivity index (χ1n) is 6.49. The summed E-state index contributed by atoms with van der Waals surface area (Å²) in [6.07, 6.45) is -0.527. The second-order valence-corrected chi connectivity index (χ2v) is 4.62. The minimum atomic E-state index is -0.527. The fourth-order valence-corrected chi connectivity index (χ4v) is 1.93. The van der Waals surface area contributed by atoms with Crippen LogP contribution in [-0.2, 0) is 6.54 Å². The van der Waals surface area contributed by atoms with Gasteiger partial charge in [0.2, 0.25) is 5.91 Å². The summed E-state index contributed by atoms with van der Waals surface area (Å²) in [4.78, 5) is 10.9. The summed E-state index contributed by atoms with van der Waals surface area (Å²) in [5.41, 5.74) is 7.61. The van der Waals surface area contributed by atoms with Gasteiger partial charge in [0, 0.05) is 18.7 Å². The molecular weight excluding hydrogens is 252 g/mol. The van der Waals surface area contributed by atoms with E-state index in [1.165, 1.54) is 0 Å². The quantitative estimate of drug-likeness (QED) is 0.746. The largest absolute Gasteiger partial charge is 0.387 e. The van der Waals surface area contributed by atoms with Gasteiger partial charge in [0.05, 0.1) is 6.10 Å². The molecule has 0 heterocycles. The van der Waals surface area contributed by atoms with Crippen molar-refractivity contribution in [3.63, 3.8) is 0 Å². The summed E-state index contributed by atoms with van der Waals surface area (Å²) in [7, 11) is 0. The van der Waals surface area contributed by atoms with Crippen LogP contribution in [0.1, 0.15) is 27.6 Å². The number of carbonyl (C=O) groups is 1. The van der Waals surface area contributed by atoms with Crippen LogP contribution in [0.15, 0.2) is 54.6 Å². The van der Waals surface area contributed by atoms with E-state index in [0.29, 0.717) is 18.7 Å². The van der Waals surface area contributed by atoms with Gasteiger partial charge in [-0.1, -0.05) is 42.5 Å². The van der Waals surface area contributed by atoms with Crippen LogP contribution in [0.3, 0.4) is 0 Å². The van der Waals surface area contributed by atoms with E-state index >= 15 is 0 Å². The third kappa shape index (κ3) is 3.91. The molecule has 0 aromatic heterocycles. The van der Waals surface area contributed by atoms with Crippen LogP contribution in [-0.4, -0.2) is 17.6 Å². The summed E-state index contributed by atoms with van der Waals surface area (Å²) in [6, 6.07) is 16.6. The first kappa shape index (κ1) is 14.2. The zero-order valence-corrected chi connectivity index (χ0v) is 11.1. The van der Waals surface area contributed by atoms with Gasteiger partial charge in [-0.3, -0.25) is 4.79 Å². The number of amides is 1. The molecule has 2 aromatic carbocycles. The lowest BCUT2D eigenvalue weighted by molar-refractivity contribution is 0.100. The zero-order chi connectivity index (χ0) is 14.4. The first-order valence-corrected chi connectivity index (χ1v) is 6.49. The number of carbonyl (C=O) groups excluding carboxylic acids is 1. The van der Waals surface area contributed by atoms with Crippen molar-refractivity contribution in [3.8, 4) is 0 Å². The molecule has 4 nitrogen and oxygen atoms in total. The highest BCUT2D eigenvalue weighted by Crippen LogP contribution is 2.11. The van der Waals surface area contributed by atoms with E-state index in [2.05, 4.69) is 5.32 Å². The van der Waals surface area contributed by atoms with Crippen LogP contribution in [0, 0.1) is 0 Å². The predicted octanol–water partition coefficient (Wildman–Crippen LogP) is 1.61. The molecule has 104 valence electrons. The van der Waals surface area contributed by atoms with Crippen LogP contribution >= 0.6 is 0 Å². The number of benzene rings is 2. The number of rotatable bonds is 6. The number of nitrogens with one attached hydrogen (secondary N) is 1. The van der Waals surface area contributed by atoms with Crippen LogP contribution < -0.4 is 11.1 Å². The predicted molar refractivity (Wildman–Crippen MR) is 78.1 cm³/mol. The monoisotopic (exact) mass is 270 g/mol.